The minimum Gasteiger partial charge on any atom is -0.267 e. The summed E-state index contributed by atoms with van der Waals surface area (Å²) in [5.41, 5.74) is 3.66. The molecule has 0 spiro atoms. The lowest BCUT2D eigenvalue weighted by Gasteiger charge is -2.02. The third-order valence-electron chi connectivity index (χ3n) is 2.40. The van der Waals surface area contributed by atoms with Crippen LogP contribution in [-0.2, 0) is 0 Å². The maximum atomic E-state index is 11.9. The third kappa shape index (κ3) is 4.19. The zero-order chi connectivity index (χ0) is 14.5. The summed E-state index contributed by atoms with van der Waals surface area (Å²) >= 11 is 13.9. The van der Waals surface area contributed by atoms with Crippen molar-refractivity contribution in [1.29, 1.82) is 0 Å². The number of nitrogens with zero attached hydrogens (tertiary/aromatic N) is 1. The summed E-state index contributed by atoms with van der Waals surface area (Å²) in [6.07, 6.45) is 1.57. The summed E-state index contributed by atoms with van der Waals surface area (Å²) in [5.74, 6) is -0.381. The molecular formula is C14H9Cl2IN2O. The fourth-order valence-electron chi connectivity index (χ4n) is 1.49. The van der Waals surface area contributed by atoms with E-state index in [9.17, 15) is 4.79 Å². The predicted octanol–water partition coefficient (Wildman–Crippen LogP) is 4.36. The van der Waals surface area contributed by atoms with Crippen molar-refractivity contribution in [2.45, 2.75) is 0 Å². The van der Waals surface area contributed by atoms with E-state index in [1.165, 1.54) is 6.07 Å². The van der Waals surface area contributed by atoms with E-state index in [0.717, 1.165) is 9.13 Å². The molecule has 1 N–H and O–H groups in total. The van der Waals surface area contributed by atoms with Gasteiger partial charge in [-0.1, -0.05) is 35.3 Å². The van der Waals surface area contributed by atoms with Crippen molar-refractivity contribution in [3.63, 3.8) is 0 Å². The van der Waals surface area contributed by atoms with Crippen LogP contribution in [0.25, 0.3) is 0 Å². The molecule has 20 heavy (non-hydrogen) atoms. The molecule has 0 fully saturated rings. The average Bonchev–Trinajstić information content (AvgIpc) is 2.38. The number of hydrazone groups is 1. The van der Waals surface area contributed by atoms with Crippen molar-refractivity contribution in [2.75, 3.05) is 0 Å². The largest absolute Gasteiger partial charge is 0.272 e. The highest BCUT2D eigenvalue weighted by Crippen LogP contribution is 2.20. The van der Waals surface area contributed by atoms with Gasteiger partial charge in [0.05, 0.1) is 16.8 Å². The smallest absolute Gasteiger partial charge is 0.267 e. The molecule has 0 aliphatic carbocycles. The quantitative estimate of drug-likeness (QED) is 0.449. The topological polar surface area (TPSA) is 41.5 Å². The molecule has 1 amide bonds. The number of halogens is 3. The molecule has 2 aromatic rings. The van der Waals surface area contributed by atoms with Gasteiger partial charge in [-0.25, -0.2) is 5.43 Å². The van der Waals surface area contributed by atoms with Crippen LogP contribution < -0.4 is 5.43 Å². The first kappa shape index (κ1) is 15.3. The van der Waals surface area contributed by atoms with Crippen molar-refractivity contribution >= 4 is 57.9 Å². The van der Waals surface area contributed by atoms with Crippen LogP contribution in [0.2, 0.25) is 10.0 Å². The van der Waals surface area contributed by atoms with Gasteiger partial charge in [0.2, 0.25) is 0 Å². The Morgan fingerprint density at radius 2 is 2.00 bits per heavy atom. The Bertz CT molecular complexity index is 674. The van der Waals surface area contributed by atoms with Gasteiger partial charge in [-0.05, 0) is 58.5 Å². The summed E-state index contributed by atoms with van der Waals surface area (Å²) in [6.45, 7) is 0. The van der Waals surface area contributed by atoms with Crippen LogP contribution in [0.15, 0.2) is 47.6 Å². The number of benzene rings is 2. The minimum absolute atomic E-state index is 0.291. The van der Waals surface area contributed by atoms with Crippen LogP contribution >= 0.6 is 45.8 Å². The molecule has 6 heteroatoms. The van der Waals surface area contributed by atoms with Crippen molar-refractivity contribution in [2.24, 2.45) is 5.10 Å². The molecule has 0 saturated heterocycles. The second kappa shape index (κ2) is 7.06. The molecule has 0 saturated carbocycles. The summed E-state index contributed by atoms with van der Waals surface area (Å²) in [6, 6.07) is 12.4. The van der Waals surface area contributed by atoms with E-state index in [-0.39, 0.29) is 5.91 Å². The number of hydrogen-bond acceptors (Lipinski definition) is 2. The Kier molecular flexibility index (Phi) is 5.39. The Morgan fingerprint density at radius 3 is 2.70 bits per heavy atom. The fraction of sp³-hybridized carbons (Fsp3) is 0. The molecule has 0 radical (unpaired) electrons. The summed E-state index contributed by atoms with van der Waals surface area (Å²) in [5, 5.41) is 4.67. The molecule has 0 heterocycles. The fourth-order valence-corrected chi connectivity index (χ4v) is 2.55. The predicted molar refractivity (Wildman–Crippen MR) is 90.7 cm³/mol. The molecule has 102 valence electrons. The highest BCUT2D eigenvalue weighted by atomic mass is 127. The molecule has 0 unspecified atom stereocenters. The average molecular weight is 419 g/mol. The standard InChI is InChI=1S/C14H9Cl2IN2O/c15-10-4-5-12(13(16)7-10)14(20)19-18-8-9-2-1-3-11(17)6-9/h1-8H,(H,19,20)/b18-8+. The van der Waals surface area contributed by atoms with Crippen molar-refractivity contribution in [1.82, 2.24) is 5.43 Å². The lowest BCUT2D eigenvalue weighted by atomic mass is 10.2. The maximum absolute atomic E-state index is 11.9. The van der Waals surface area contributed by atoms with E-state index in [1.807, 2.05) is 24.3 Å². The van der Waals surface area contributed by atoms with Crippen LogP contribution in [0.1, 0.15) is 15.9 Å². The second-order valence-electron chi connectivity index (χ2n) is 3.88. The molecule has 0 aromatic heterocycles. The number of amides is 1. The van der Waals surface area contributed by atoms with Crippen LogP contribution in [-0.4, -0.2) is 12.1 Å². The van der Waals surface area contributed by atoms with Crippen molar-refractivity contribution in [3.05, 3.63) is 67.2 Å². The maximum Gasteiger partial charge on any atom is 0.272 e. The highest BCUT2D eigenvalue weighted by molar-refractivity contribution is 14.1. The van der Waals surface area contributed by atoms with Gasteiger partial charge < -0.3 is 0 Å². The monoisotopic (exact) mass is 418 g/mol. The number of hydrogen-bond donors (Lipinski definition) is 1. The highest BCUT2D eigenvalue weighted by Gasteiger charge is 2.09. The first-order chi connectivity index (χ1) is 9.56. The van der Waals surface area contributed by atoms with Crippen molar-refractivity contribution in [3.8, 4) is 0 Å². The molecule has 0 aliphatic rings. The van der Waals surface area contributed by atoms with Crippen LogP contribution in [0.3, 0.4) is 0 Å². The van der Waals surface area contributed by atoms with E-state index < -0.39 is 0 Å². The minimum atomic E-state index is -0.381. The molecule has 2 aromatic carbocycles. The van der Waals surface area contributed by atoms with Gasteiger partial charge in [0.25, 0.3) is 5.91 Å². The first-order valence-electron chi connectivity index (χ1n) is 5.60. The van der Waals surface area contributed by atoms with Gasteiger partial charge in [0, 0.05) is 8.59 Å². The molecule has 3 nitrogen and oxygen atoms in total. The van der Waals surface area contributed by atoms with Gasteiger partial charge in [-0.3, -0.25) is 4.79 Å². The number of nitrogens with one attached hydrogen (secondary N) is 1. The third-order valence-corrected chi connectivity index (χ3v) is 3.62. The lowest BCUT2D eigenvalue weighted by Crippen LogP contribution is -2.18. The van der Waals surface area contributed by atoms with Crippen LogP contribution in [0.5, 0.6) is 0 Å². The Morgan fingerprint density at radius 1 is 1.20 bits per heavy atom. The first-order valence-corrected chi connectivity index (χ1v) is 7.44. The van der Waals surface area contributed by atoms with E-state index >= 15 is 0 Å². The van der Waals surface area contributed by atoms with Gasteiger partial charge in [-0.15, -0.1) is 0 Å². The van der Waals surface area contributed by atoms with Crippen LogP contribution in [0.4, 0.5) is 0 Å². The molecular weight excluding hydrogens is 410 g/mol. The molecule has 0 atom stereocenters. The number of carbonyl (C=O) groups is 1. The molecule has 0 aliphatic heterocycles. The van der Waals surface area contributed by atoms with Gasteiger partial charge in [0.15, 0.2) is 0 Å². The molecule has 0 bridgehead atoms. The lowest BCUT2D eigenvalue weighted by molar-refractivity contribution is 0.0955. The van der Waals surface area contributed by atoms with E-state index in [4.69, 9.17) is 23.2 Å². The number of rotatable bonds is 3. The molecule has 2 rings (SSSR count). The number of carbonyl (C=O) groups excluding carboxylic acids is 1. The van der Waals surface area contributed by atoms with E-state index in [2.05, 4.69) is 33.1 Å². The van der Waals surface area contributed by atoms with Gasteiger partial charge >= 0.3 is 0 Å². The van der Waals surface area contributed by atoms with E-state index in [1.54, 1.807) is 18.3 Å². The van der Waals surface area contributed by atoms with Crippen LogP contribution in [0, 0.1) is 3.57 Å². The van der Waals surface area contributed by atoms with E-state index in [0.29, 0.717) is 15.6 Å². The second-order valence-corrected chi connectivity index (χ2v) is 5.97. The van der Waals surface area contributed by atoms with Gasteiger partial charge in [0.1, 0.15) is 0 Å². The Hall–Kier alpha value is -1.11. The summed E-state index contributed by atoms with van der Waals surface area (Å²) in [4.78, 5) is 11.9. The normalized spacial score (nSPS) is 10.8. The Balaban J connectivity index is 2.05. The Labute approximate surface area is 140 Å². The summed E-state index contributed by atoms with van der Waals surface area (Å²) in [7, 11) is 0. The summed E-state index contributed by atoms with van der Waals surface area (Å²) < 4.78 is 1.10. The zero-order valence-corrected chi connectivity index (χ0v) is 13.8. The SMILES string of the molecule is O=C(N/N=C/c1cccc(I)c1)c1ccc(Cl)cc1Cl. The zero-order valence-electron chi connectivity index (χ0n) is 10.1. The van der Waals surface area contributed by atoms with Gasteiger partial charge in [-0.2, -0.15) is 5.10 Å². The van der Waals surface area contributed by atoms with Crippen molar-refractivity contribution < 1.29 is 4.79 Å².